The minimum atomic E-state index is -4.32. The van der Waals surface area contributed by atoms with E-state index in [2.05, 4.69) is 19.2 Å². The van der Waals surface area contributed by atoms with E-state index < -0.39 is 11.7 Å². The average molecular weight is 300 g/mol. The van der Waals surface area contributed by atoms with Gasteiger partial charge in [-0.3, -0.25) is 0 Å². The van der Waals surface area contributed by atoms with Gasteiger partial charge in [0.05, 0.1) is 5.56 Å². The second-order valence-corrected chi connectivity index (χ2v) is 6.03. The highest BCUT2D eigenvalue weighted by Gasteiger charge is 2.38. The largest absolute Gasteiger partial charge is 0.418 e. The highest BCUT2D eigenvalue weighted by atomic mass is 19.4. The molecule has 1 fully saturated rings. The number of nitrogens with one attached hydrogen (secondary N) is 1. The Morgan fingerprint density at radius 2 is 2.05 bits per heavy atom. The van der Waals surface area contributed by atoms with Crippen LogP contribution >= 0.6 is 0 Å². The van der Waals surface area contributed by atoms with Gasteiger partial charge < -0.3 is 10.2 Å². The van der Waals surface area contributed by atoms with E-state index in [1.165, 1.54) is 6.07 Å². The first-order valence-corrected chi connectivity index (χ1v) is 7.46. The van der Waals surface area contributed by atoms with Crippen molar-refractivity contribution in [1.82, 2.24) is 5.32 Å². The van der Waals surface area contributed by atoms with Gasteiger partial charge in [0.25, 0.3) is 0 Å². The summed E-state index contributed by atoms with van der Waals surface area (Å²) < 4.78 is 40.2. The predicted octanol–water partition coefficient (Wildman–Crippen LogP) is 4.05. The van der Waals surface area contributed by atoms with Crippen LogP contribution in [-0.4, -0.2) is 19.6 Å². The lowest BCUT2D eigenvalue weighted by atomic mass is 10.00. The monoisotopic (exact) mass is 300 g/mol. The van der Waals surface area contributed by atoms with Crippen molar-refractivity contribution in [2.24, 2.45) is 5.92 Å². The maximum atomic E-state index is 13.4. The van der Waals surface area contributed by atoms with Gasteiger partial charge in [0.1, 0.15) is 0 Å². The van der Waals surface area contributed by atoms with Crippen molar-refractivity contribution in [3.63, 3.8) is 0 Å². The molecule has 2 rings (SSSR count). The Balaban J connectivity index is 2.42. The standard InChI is InChI=1S/C16H23F3N2/c1-11(2)14-5-4-8-21(14)15-7-6-12(10-20-3)9-13(15)16(17,18)19/h6-7,9,11,14,20H,4-5,8,10H2,1-3H3. The molecule has 1 N–H and O–H groups in total. The molecule has 118 valence electrons. The van der Waals surface area contributed by atoms with Crippen LogP contribution in [0, 0.1) is 5.92 Å². The minimum absolute atomic E-state index is 0.196. The van der Waals surface area contributed by atoms with Gasteiger partial charge in [0, 0.05) is 24.8 Å². The molecule has 21 heavy (non-hydrogen) atoms. The number of hydrogen-bond donors (Lipinski definition) is 1. The van der Waals surface area contributed by atoms with E-state index in [0.717, 1.165) is 12.8 Å². The maximum Gasteiger partial charge on any atom is 0.418 e. The van der Waals surface area contributed by atoms with Crippen LogP contribution in [0.1, 0.15) is 37.8 Å². The van der Waals surface area contributed by atoms with E-state index in [9.17, 15) is 13.2 Å². The molecule has 2 nitrogen and oxygen atoms in total. The van der Waals surface area contributed by atoms with Gasteiger partial charge >= 0.3 is 6.18 Å². The smallest absolute Gasteiger partial charge is 0.368 e. The Kier molecular flexibility index (Phi) is 4.81. The third-order valence-electron chi connectivity index (χ3n) is 4.13. The summed E-state index contributed by atoms with van der Waals surface area (Å²) in [5, 5.41) is 2.90. The Labute approximate surface area is 124 Å². The summed E-state index contributed by atoms with van der Waals surface area (Å²) in [4.78, 5) is 1.94. The summed E-state index contributed by atoms with van der Waals surface area (Å²) in [6, 6.07) is 4.90. The third-order valence-corrected chi connectivity index (χ3v) is 4.13. The van der Waals surface area contributed by atoms with Crippen LogP contribution in [-0.2, 0) is 12.7 Å². The molecule has 0 saturated carbocycles. The van der Waals surface area contributed by atoms with Crippen molar-refractivity contribution in [3.05, 3.63) is 29.3 Å². The topological polar surface area (TPSA) is 15.3 Å². The summed E-state index contributed by atoms with van der Waals surface area (Å²) in [6.07, 6.45) is -2.39. The molecule has 1 aliphatic heterocycles. The molecule has 1 aliphatic rings. The summed E-state index contributed by atoms with van der Waals surface area (Å²) in [7, 11) is 1.73. The maximum absolute atomic E-state index is 13.4. The van der Waals surface area contributed by atoms with E-state index in [0.29, 0.717) is 30.3 Å². The zero-order chi connectivity index (χ0) is 15.6. The molecule has 1 heterocycles. The van der Waals surface area contributed by atoms with E-state index in [4.69, 9.17) is 0 Å². The van der Waals surface area contributed by atoms with Crippen molar-refractivity contribution >= 4 is 5.69 Å². The van der Waals surface area contributed by atoms with Crippen molar-refractivity contribution in [2.45, 2.75) is 45.5 Å². The summed E-state index contributed by atoms with van der Waals surface area (Å²) in [5.74, 6) is 0.352. The zero-order valence-electron chi connectivity index (χ0n) is 12.8. The summed E-state index contributed by atoms with van der Waals surface area (Å²) >= 11 is 0. The van der Waals surface area contributed by atoms with Gasteiger partial charge in [-0.25, -0.2) is 0 Å². The Morgan fingerprint density at radius 1 is 1.33 bits per heavy atom. The number of halogens is 3. The highest BCUT2D eigenvalue weighted by Crippen LogP contribution is 2.40. The quantitative estimate of drug-likeness (QED) is 0.902. The Morgan fingerprint density at radius 3 is 2.62 bits per heavy atom. The SMILES string of the molecule is CNCc1ccc(N2CCCC2C(C)C)c(C(F)(F)F)c1. The van der Waals surface area contributed by atoms with Crippen molar-refractivity contribution in [1.29, 1.82) is 0 Å². The molecule has 0 aliphatic carbocycles. The van der Waals surface area contributed by atoms with Crippen molar-refractivity contribution in [3.8, 4) is 0 Å². The van der Waals surface area contributed by atoms with E-state index >= 15 is 0 Å². The number of nitrogens with zero attached hydrogens (tertiary/aromatic N) is 1. The molecule has 0 spiro atoms. The zero-order valence-corrected chi connectivity index (χ0v) is 12.8. The van der Waals surface area contributed by atoms with E-state index in [1.54, 1.807) is 19.2 Å². The molecule has 0 radical (unpaired) electrons. The molecule has 1 unspecified atom stereocenters. The van der Waals surface area contributed by atoms with Gasteiger partial charge in [-0.05, 0) is 43.5 Å². The number of anilines is 1. The van der Waals surface area contributed by atoms with Crippen LogP contribution in [0.4, 0.5) is 18.9 Å². The van der Waals surface area contributed by atoms with Crippen LogP contribution in [0.15, 0.2) is 18.2 Å². The Bertz CT molecular complexity index is 483. The fraction of sp³-hybridized carbons (Fsp3) is 0.625. The fourth-order valence-electron chi connectivity index (χ4n) is 3.16. The van der Waals surface area contributed by atoms with Gasteiger partial charge in [-0.2, -0.15) is 13.2 Å². The molecular formula is C16H23F3N2. The predicted molar refractivity (Wildman–Crippen MR) is 79.4 cm³/mol. The second kappa shape index (κ2) is 6.26. The number of alkyl halides is 3. The molecule has 1 atom stereocenters. The Hall–Kier alpha value is -1.23. The van der Waals surface area contributed by atoms with Crippen LogP contribution in [0.5, 0.6) is 0 Å². The van der Waals surface area contributed by atoms with Crippen molar-refractivity contribution < 1.29 is 13.2 Å². The molecule has 0 aromatic heterocycles. The van der Waals surface area contributed by atoms with Crippen LogP contribution in [0.25, 0.3) is 0 Å². The first-order valence-electron chi connectivity index (χ1n) is 7.46. The second-order valence-electron chi connectivity index (χ2n) is 6.03. The molecule has 1 aromatic carbocycles. The van der Waals surface area contributed by atoms with Gasteiger partial charge in [-0.1, -0.05) is 19.9 Å². The molecule has 5 heteroatoms. The van der Waals surface area contributed by atoms with E-state index in [1.807, 2.05) is 4.90 Å². The van der Waals surface area contributed by atoms with E-state index in [-0.39, 0.29) is 6.04 Å². The molecular weight excluding hydrogens is 277 g/mol. The summed E-state index contributed by atoms with van der Waals surface area (Å²) in [5.41, 5.74) is 0.482. The fourth-order valence-corrected chi connectivity index (χ4v) is 3.16. The first kappa shape index (κ1) is 16.1. The summed E-state index contributed by atoms with van der Waals surface area (Å²) in [6.45, 7) is 5.30. The number of rotatable bonds is 4. The van der Waals surface area contributed by atoms with Gasteiger partial charge in [0.15, 0.2) is 0 Å². The lowest BCUT2D eigenvalue weighted by Crippen LogP contribution is -2.34. The molecule has 0 bridgehead atoms. The van der Waals surface area contributed by atoms with Crippen molar-refractivity contribution in [2.75, 3.05) is 18.5 Å². The number of benzene rings is 1. The first-order chi connectivity index (χ1) is 9.84. The molecule has 1 saturated heterocycles. The van der Waals surface area contributed by atoms with Crippen LogP contribution in [0.2, 0.25) is 0 Å². The highest BCUT2D eigenvalue weighted by molar-refractivity contribution is 5.58. The van der Waals surface area contributed by atoms with Gasteiger partial charge in [0.2, 0.25) is 0 Å². The average Bonchev–Trinajstić information content (AvgIpc) is 2.87. The number of hydrogen-bond acceptors (Lipinski definition) is 2. The molecule has 0 amide bonds. The normalized spacial score (nSPS) is 19.6. The third kappa shape index (κ3) is 3.51. The minimum Gasteiger partial charge on any atom is -0.368 e. The van der Waals surface area contributed by atoms with Crippen LogP contribution in [0.3, 0.4) is 0 Å². The lowest BCUT2D eigenvalue weighted by molar-refractivity contribution is -0.137. The molecule has 1 aromatic rings. The van der Waals surface area contributed by atoms with Gasteiger partial charge in [-0.15, -0.1) is 0 Å². The van der Waals surface area contributed by atoms with Crippen LogP contribution < -0.4 is 10.2 Å². The lowest BCUT2D eigenvalue weighted by Gasteiger charge is -2.32.